The van der Waals surface area contributed by atoms with Gasteiger partial charge in [0.15, 0.2) is 0 Å². The van der Waals surface area contributed by atoms with Crippen molar-refractivity contribution in [2.24, 2.45) is 0 Å². The fourth-order valence-electron chi connectivity index (χ4n) is 1.91. The number of ether oxygens (including phenoxy) is 1. The number of hydrogen-bond donors (Lipinski definition) is 1. The minimum Gasteiger partial charge on any atom is -0.423 e. The molecule has 0 atom stereocenters. The number of rotatable bonds is 4. The van der Waals surface area contributed by atoms with E-state index in [-0.39, 0.29) is 10.6 Å². The maximum absolute atomic E-state index is 11.6. The van der Waals surface area contributed by atoms with Crippen LogP contribution < -0.4 is 4.74 Å². The van der Waals surface area contributed by atoms with Crippen LogP contribution >= 0.6 is 0 Å². The summed E-state index contributed by atoms with van der Waals surface area (Å²) >= 11 is 0. The van der Waals surface area contributed by atoms with Crippen molar-refractivity contribution in [1.82, 2.24) is 0 Å². The average molecular weight is 306 g/mol. The number of fused-ring (bicyclic) bond motifs is 1. The molecule has 2 rings (SSSR count). The van der Waals surface area contributed by atoms with Gasteiger partial charge < -0.3 is 4.74 Å². The van der Waals surface area contributed by atoms with Crippen LogP contribution in [0.1, 0.15) is 13.3 Å². The van der Waals surface area contributed by atoms with Gasteiger partial charge in [0.25, 0.3) is 10.1 Å². The zero-order valence-electron chi connectivity index (χ0n) is 11.3. The third-order valence-electron chi connectivity index (χ3n) is 2.82. The van der Waals surface area contributed by atoms with Gasteiger partial charge in [-0.25, -0.2) is 4.79 Å². The highest BCUT2D eigenvalue weighted by atomic mass is 32.2. The zero-order valence-corrected chi connectivity index (χ0v) is 12.1. The second kappa shape index (κ2) is 6.07. The highest BCUT2D eigenvalue weighted by Gasteiger charge is 2.16. The van der Waals surface area contributed by atoms with Crippen LogP contribution in [0.25, 0.3) is 10.8 Å². The summed E-state index contributed by atoms with van der Waals surface area (Å²) in [4.78, 5) is 11.4. The van der Waals surface area contributed by atoms with Crippen molar-refractivity contribution in [3.8, 4) is 5.75 Å². The topological polar surface area (TPSA) is 80.7 Å². The fraction of sp³-hybridized carbons (Fsp3) is 0.133. The van der Waals surface area contributed by atoms with Crippen molar-refractivity contribution in [1.29, 1.82) is 0 Å². The van der Waals surface area contributed by atoms with Crippen LogP contribution in [0.3, 0.4) is 0 Å². The van der Waals surface area contributed by atoms with E-state index in [1.54, 1.807) is 24.3 Å². The normalized spacial score (nSPS) is 11.9. The van der Waals surface area contributed by atoms with Crippen molar-refractivity contribution >= 4 is 26.9 Å². The summed E-state index contributed by atoms with van der Waals surface area (Å²) < 4.78 is 37.1. The van der Waals surface area contributed by atoms with Crippen LogP contribution in [-0.2, 0) is 14.9 Å². The van der Waals surface area contributed by atoms with E-state index in [2.05, 4.69) is 0 Å². The molecule has 0 radical (unpaired) electrons. The largest absolute Gasteiger partial charge is 0.423 e. The maximum Gasteiger partial charge on any atom is 0.335 e. The number of hydrogen-bond acceptors (Lipinski definition) is 4. The highest BCUT2D eigenvalue weighted by molar-refractivity contribution is 7.86. The van der Waals surface area contributed by atoms with E-state index in [1.165, 1.54) is 24.3 Å². The molecule has 0 saturated carbocycles. The molecule has 0 aliphatic rings. The molecule has 0 heterocycles. The first kappa shape index (κ1) is 15.2. The van der Waals surface area contributed by atoms with Gasteiger partial charge >= 0.3 is 5.97 Å². The molecule has 2 aromatic rings. The standard InChI is InChI=1S/C15H14O5S/c1-2-3-8-15(16)20-13-9-10-14(21(17,18)19)12-7-5-4-6-11(12)13/h3-10H,2H2,1H3,(H,17,18,19). The lowest BCUT2D eigenvalue weighted by molar-refractivity contribution is -0.128. The SMILES string of the molecule is CCC=CC(=O)Oc1ccc(S(=O)(=O)O)c2ccccc12. The van der Waals surface area contributed by atoms with Crippen LogP contribution in [0.5, 0.6) is 5.75 Å². The van der Waals surface area contributed by atoms with E-state index >= 15 is 0 Å². The average Bonchev–Trinajstić information content (AvgIpc) is 2.44. The first-order chi connectivity index (χ1) is 9.93. The van der Waals surface area contributed by atoms with Crippen molar-refractivity contribution in [2.45, 2.75) is 18.2 Å². The van der Waals surface area contributed by atoms with E-state index in [0.717, 1.165) is 0 Å². The van der Waals surface area contributed by atoms with Crippen LogP contribution in [0.15, 0.2) is 53.4 Å². The summed E-state index contributed by atoms with van der Waals surface area (Å²) in [5.74, 6) is -0.301. The Hall–Kier alpha value is -2.18. The molecule has 0 fully saturated rings. The van der Waals surface area contributed by atoms with Crippen molar-refractivity contribution in [3.05, 3.63) is 48.6 Å². The van der Waals surface area contributed by atoms with E-state index < -0.39 is 16.1 Å². The van der Waals surface area contributed by atoms with Gasteiger partial charge in [-0.1, -0.05) is 37.3 Å². The zero-order chi connectivity index (χ0) is 15.5. The van der Waals surface area contributed by atoms with Gasteiger partial charge in [-0.3, -0.25) is 4.55 Å². The van der Waals surface area contributed by atoms with E-state index in [1.807, 2.05) is 6.92 Å². The number of carbonyl (C=O) groups is 1. The summed E-state index contributed by atoms with van der Waals surface area (Å²) in [6.07, 6.45) is 3.68. The molecule has 21 heavy (non-hydrogen) atoms. The Morgan fingerprint density at radius 1 is 1.19 bits per heavy atom. The predicted octanol–water partition coefficient (Wildman–Crippen LogP) is 2.96. The summed E-state index contributed by atoms with van der Waals surface area (Å²) in [5.41, 5.74) is 0. The van der Waals surface area contributed by atoms with E-state index in [4.69, 9.17) is 4.74 Å². The second-order valence-corrected chi connectivity index (χ2v) is 5.70. The number of benzene rings is 2. The van der Waals surface area contributed by atoms with Gasteiger partial charge in [0.05, 0.1) is 0 Å². The Labute approximate surface area is 122 Å². The van der Waals surface area contributed by atoms with Gasteiger partial charge in [0.2, 0.25) is 0 Å². The summed E-state index contributed by atoms with van der Waals surface area (Å²) in [7, 11) is -4.34. The Kier molecular flexibility index (Phi) is 4.40. The molecule has 0 aliphatic heterocycles. The Morgan fingerprint density at radius 2 is 1.86 bits per heavy atom. The van der Waals surface area contributed by atoms with Crippen molar-refractivity contribution < 1.29 is 22.5 Å². The van der Waals surface area contributed by atoms with Crippen molar-refractivity contribution in [2.75, 3.05) is 0 Å². The minimum atomic E-state index is -4.34. The molecule has 2 aromatic carbocycles. The molecule has 0 bridgehead atoms. The molecular weight excluding hydrogens is 292 g/mol. The maximum atomic E-state index is 11.6. The molecule has 0 unspecified atom stereocenters. The minimum absolute atomic E-state index is 0.220. The Bertz CT molecular complexity index is 806. The Morgan fingerprint density at radius 3 is 2.48 bits per heavy atom. The monoisotopic (exact) mass is 306 g/mol. The Balaban J connectivity index is 2.53. The number of carbonyl (C=O) groups excluding carboxylic acids is 1. The lowest BCUT2D eigenvalue weighted by Crippen LogP contribution is -2.05. The van der Waals surface area contributed by atoms with Crippen molar-refractivity contribution in [3.63, 3.8) is 0 Å². The molecule has 0 aliphatic carbocycles. The second-order valence-electron chi connectivity index (χ2n) is 4.31. The molecule has 110 valence electrons. The van der Waals surface area contributed by atoms with Crippen LogP contribution in [0.4, 0.5) is 0 Å². The van der Waals surface area contributed by atoms with Gasteiger partial charge in [-0.05, 0) is 18.6 Å². The highest BCUT2D eigenvalue weighted by Crippen LogP contribution is 2.31. The van der Waals surface area contributed by atoms with E-state index in [9.17, 15) is 17.8 Å². The molecular formula is C15H14O5S. The van der Waals surface area contributed by atoms with Gasteiger partial charge in [-0.15, -0.1) is 0 Å². The number of allylic oxidation sites excluding steroid dienone is 1. The van der Waals surface area contributed by atoms with Gasteiger partial charge in [-0.2, -0.15) is 8.42 Å². The van der Waals surface area contributed by atoms with Crippen LogP contribution in [0, 0.1) is 0 Å². The predicted molar refractivity (Wildman–Crippen MR) is 78.8 cm³/mol. The molecule has 0 spiro atoms. The lowest BCUT2D eigenvalue weighted by atomic mass is 10.1. The van der Waals surface area contributed by atoms with Crippen LogP contribution in [0.2, 0.25) is 0 Å². The molecule has 5 nitrogen and oxygen atoms in total. The first-order valence-corrected chi connectivity index (χ1v) is 7.75. The molecule has 0 saturated heterocycles. The summed E-state index contributed by atoms with van der Waals surface area (Å²) in [6, 6.07) is 9.05. The third kappa shape index (κ3) is 3.48. The lowest BCUT2D eigenvalue weighted by Gasteiger charge is -2.09. The fourth-order valence-corrected chi connectivity index (χ4v) is 2.61. The number of esters is 1. The molecule has 1 N–H and O–H groups in total. The quantitative estimate of drug-likeness (QED) is 0.406. The molecule has 0 aromatic heterocycles. The smallest absolute Gasteiger partial charge is 0.335 e. The third-order valence-corrected chi connectivity index (χ3v) is 3.73. The summed E-state index contributed by atoms with van der Waals surface area (Å²) in [6.45, 7) is 1.89. The first-order valence-electron chi connectivity index (χ1n) is 6.31. The molecule has 0 amide bonds. The van der Waals surface area contributed by atoms with Crippen LogP contribution in [-0.4, -0.2) is 18.9 Å². The van der Waals surface area contributed by atoms with Gasteiger partial charge in [0.1, 0.15) is 10.6 Å². The van der Waals surface area contributed by atoms with E-state index in [0.29, 0.717) is 17.2 Å². The van der Waals surface area contributed by atoms with Gasteiger partial charge in [0, 0.05) is 16.8 Å². The summed E-state index contributed by atoms with van der Waals surface area (Å²) in [5, 5.41) is 0.732. The molecule has 6 heteroatoms.